The topological polar surface area (TPSA) is 66.8 Å². The molecular formula is C20H34N4O2S. The van der Waals surface area contributed by atoms with E-state index in [-0.39, 0.29) is 17.3 Å². The van der Waals surface area contributed by atoms with Gasteiger partial charge in [0, 0.05) is 43.4 Å². The van der Waals surface area contributed by atoms with Gasteiger partial charge in [-0.2, -0.15) is 0 Å². The van der Waals surface area contributed by atoms with E-state index in [1.54, 1.807) is 11.3 Å². The standard InChI is InChI=1S/C20H34N4O2S/c1-6-21-19(24-12-8-9-15(13-24)18(25)26-7-2)22-11-10-17-23-16(14-27-17)20(3,4)5/h14-15H,6-13H2,1-5H3,(H,21,22). The Labute approximate surface area is 167 Å². The summed E-state index contributed by atoms with van der Waals surface area (Å²) in [5, 5.41) is 6.65. The van der Waals surface area contributed by atoms with Gasteiger partial charge >= 0.3 is 5.97 Å². The predicted octanol–water partition coefficient (Wildman–Crippen LogP) is 3.22. The van der Waals surface area contributed by atoms with Gasteiger partial charge in [0.2, 0.25) is 0 Å². The Bertz CT molecular complexity index is 636. The second-order valence-electron chi connectivity index (χ2n) is 7.90. The number of nitrogens with one attached hydrogen (secondary N) is 1. The Morgan fingerprint density at radius 2 is 2.22 bits per heavy atom. The van der Waals surface area contributed by atoms with Crippen LogP contribution in [0.25, 0.3) is 0 Å². The summed E-state index contributed by atoms with van der Waals surface area (Å²) in [6, 6.07) is 0. The zero-order valence-corrected chi connectivity index (χ0v) is 18.2. The summed E-state index contributed by atoms with van der Waals surface area (Å²) in [6.45, 7) is 14.0. The predicted molar refractivity (Wildman–Crippen MR) is 111 cm³/mol. The van der Waals surface area contributed by atoms with Gasteiger partial charge in [-0.3, -0.25) is 9.79 Å². The number of hydrogen-bond donors (Lipinski definition) is 1. The minimum Gasteiger partial charge on any atom is -0.466 e. The molecule has 0 amide bonds. The number of nitrogens with zero attached hydrogens (tertiary/aromatic N) is 3. The van der Waals surface area contributed by atoms with Crippen molar-refractivity contribution in [2.75, 3.05) is 32.8 Å². The lowest BCUT2D eigenvalue weighted by Crippen LogP contribution is -2.48. The molecule has 2 rings (SSSR count). The Kier molecular flexibility index (Phi) is 8.07. The van der Waals surface area contributed by atoms with Gasteiger partial charge in [-0.05, 0) is 26.7 Å². The maximum atomic E-state index is 12.1. The van der Waals surface area contributed by atoms with Crippen LogP contribution in [0.3, 0.4) is 0 Å². The molecule has 1 aliphatic rings. The number of hydrogen-bond acceptors (Lipinski definition) is 5. The number of carbonyl (C=O) groups excluding carboxylic acids is 1. The molecule has 152 valence electrons. The third kappa shape index (κ3) is 6.48. The lowest BCUT2D eigenvalue weighted by Gasteiger charge is -2.34. The quantitative estimate of drug-likeness (QED) is 0.456. The summed E-state index contributed by atoms with van der Waals surface area (Å²) in [6.07, 6.45) is 2.71. The molecule has 0 bridgehead atoms. The maximum Gasteiger partial charge on any atom is 0.310 e. The summed E-state index contributed by atoms with van der Waals surface area (Å²) in [5.41, 5.74) is 1.23. The van der Waals surface area contributed by atoms with Crippen LogP contribution < -0.4 is 5.32 Å². The minimum atomic E-state index is -0.0875. The molecule has 0 radical (unpaired) electrons. The van der Waals surface area contributed by atoms with E-state index >= 15 is 0 Å². The van der Waals surface area contributed by atoms with Gasteiger partial charge in [0.1, 0.15) is 0 Å². The van der Waals surface area contributed by atoms with Crippen molar-refractivity contribution < 1.29 is 9.53 Å². The Hall–Kier alpha value is -1.63. The molecule has 27 heavy (non-hydrogen) atoms. The summed E-state index contributed by atoms with van der Waals surface area (Å²) in [5.74, 6) is 0.741. The van der Waals surface area contributed by atoms with Crippen LogP contribution in [0.5, 0.6) is 0 Å². The lowest BCUT2D eigenvalue weighted by molar-refractivity contribution is -0.149. The first kappa shape index (κ1) is 21.7. The molecule has 1 N–H and O–H groups in total. The smallest absolute Gasteiger partial charge is 0.310 e. The molecule has 1 atom stereocenters. The van der Waals surface area contributed by atoms with Crippen molar-refractivity contribution in [2.45, 2.75) is 59.3 Å². The number of rotatable bonds is 6. The van der Waals surface area contributed by atoms with Gasteiger partial charge in [0.15, 0.2) is 5.96 Å². The van der Waals surface area contributed by atoms with Gasteiger partial charge < -0.3 is 15.0 Å². The number of esters is 1. The maximum absolute atomic E-state index is 12.1. The first-order chi connectivity index (χ1) is 12.8. The molecule has 0 aliphatic carbocycles. The summed E-state index contributed by atoms with van der Waals surface area (Å²) in [4.78, 5) is 23.8. The largest absolute Gasteiger partial charge is 0.466 e. The van der Waals surface area contributed by atoms with Crippen LogP contribution in [0.2, 0.25) is 0 Å². The van der Waals surface area contributed by atoms with Crippen molar-refractivity contribution in [1.82, 2.24) is 15.2 Å². The van der Waals surface area contributed by atoms with Gasteiger partial charge in [-0.15, -0.1) is 11.3 Å². The van der Waals surface area contributed by atoms with Crippen molar-refractivity contribution in [2.24, 2.45) is 10.9 Å². The van der Waals surface area contributed by atoms with E-state index in [0.717, 1.165) is 49.0 Å². The molecule has 2 heterocycles. The average Bonchev–Trinajstić information content (AvgIpc) is 3.11. The molecule has 1 saturated heterocycles. The molecule has 1 aliphatic heterocycles. The zero-order chi connectivity index (χ0) is 19.9. The van der Waals surface area contributed by atoms with Crippen LogP contribution >= 0.6 is 11.3 Å². The first-order valence-corrected chi connectivity index (χ1v) is 10.9. The van der Waals surface area contributed by atoms with Crippen molar-refractivity contribution in [3.05, 3.63) is 16.1 Å². The van der Waals surface area contributed by atoms with Crippen LogP contribution in [0.1, 0.15) is 58.2 Å². The molecule has 0 saturated carbocycles. The minimum absolute atomic E-state index is 0.0594. The first-order valence-electron chi connectivity index (χ1n) is 10.00. The number of carbonyl (C=O) groups is 1. The number of aromatic nitrogens is 1. The van der Waals surface area contributed by atoms with Crippen molar-refractivity contribution in [3.8, 4) is 0 Å². The lowest BCUT2D eigenvalue weighted by atomic mass is 9.93. The van der Waals surface area contributed by atoms with Gasteiger partial charge in [0.25, 0.3) is 0 Å². The number of guanidine groups is 1. The second kappa shape index (κ2) is 10.1. The Balaban J connectivity index is 1.97. The van der Waals surface area contributed by atoms with Crippen LogP contribution in [-0.2, 0) is 21.4 Å². The van der Waals surface area contributed by atoms with Crippen molar-refractivity contribution in [1.29, 1.82) is 0 Å². The number of aliphatic imine (C=N–C) groups is 1. The summed E-state index contributed by atoms with van der Waals surface area (Å²) < 4.78 is 5.21. The molecule has 1 unspecified atom stereocenters. The second-order valence-corrected chi connectivity index (χ2v) is 8.84. The molecule has 0 aromatic carbocycles. The van der Waals surface area contributed by atoms with E-state index in [4.69, 9.17) is 14.7 Å². The summed E-state index contributed by atoms with van der Waals surface area (Å²) in [7, 11) is 0. The highest BCUT2D eigenvalue weighted by molar-refractivity contribution is 7.09. The van der Waals surface area contributed by atoms with E-state index in [9.17, 15) is 4.79 Å². The normalized spacial score (nSPS) is 18.5. The molecule has 1 aromatic rings. The molecule has 1 aromatic heterocycles. The molecule has 1 fully saturated rings. The van der Waals surface area contributed by atoms with Crippen LogP contribution in [0.15, 0.2) is 10.4 Å². The number of ether oxygens (including phenoxy) is 1. The van der Waals surface area contributed by atoms with Crippen LogP contribution in [0.4, 0.5) is 0 Å². The Morgan fingerprint density at radius 3 is 2.85 bits per heavy atom. The highest BCUT2D eigenvalue weighted by Crippen LogP contribution is 2.24. The third-order valence-electron chi connectivity index (χ3n) is 4.58. The zero-order valence-electron chi connectivity index (χ0n) is 17.4. The van der Waals surface area contributed by atoms with E-state index in [1.807, 2.05) is 6.92 Å². The fourth-order valence-electron chi connectivity index (χ4n) is 3.08. The monoisotopic (exact) mass is 394 g/mol. The van der Waals surface area contributed by atoms with E-state index in [0.29, 0.717) is 19.7 Å². The molecular weight excluding hydrogens is 360 g/mol. The van der Waals surface area contributed by atoms with E-state index < -0.39 is 0 Å². The molecule has 6 nitrogen and oxygen atoms in total. The molecule has 7 heteroatoms. The fraction of sp³-hybridized carbons (Fsp3) is 0.750. The van der Waals surface area contributed by atoms with Gasteiger partial charge in [0.05, 0.1) is 23.2 Å². The average molecular weight is 395 g/mol. The van der Waals surface area contributed by atoms with Gasteiger partial charge in [-0.1, -0.05) is 20.8 Å². The van der Waals surface area contributed by atoms with Crippen molar-refractivity contribution >= 4 is 23.3 Å². The van der Waals surface area contributed by atoms with Crippen molar-refractivity contribution in [3.63, 3.8) is 0 Å². The van der Waals surface area contributed by atoms with E-state index in [2.05, 4.69) is 43.3 Å². The fourth-order valence-corrected chi connectivity index (χ4v) is 4.09. The number of thiazole rings is 1. The third-order valence-corrected chi connectivity index (χ3v) is 5.49. The Morgan fingerprint density at radius 1 is 1.44 bits per heavy atom. The number of likely N-dealkylation sites (tertiary alicyclic amines) is 1. The highest BCUT2D eigenvalue weighted by atomic mass is 32.1. The van der Waals surface area contributed by atoms with Crippen LogP contribution in [-0.4, -0.2) is 54.6 Å². The van der Waals surface area contributed by atoms with E-state index in [1.165, 1.54) is 0 Å². The summed E-state index contributed by atoms with van der Waals surface area (Å²) >= 11 is 1.71. The molecule has 0 spiro atoms. The number of piperidine rings is 1. The van der Waals surface area contributed by atoms with Gasteiger partial charge in [-0.25, -0.2) is 4.98 Å². The SMILES string of the molecule is CCNC(=NCCc1nc(C(C)(C)C)cs1)N1CCCC(C(=O)OCC)C1. The highest BCUT2D eigenvalue weighted by Gasteiger charge is 2.28. The van der Waals surface area contributed by atoms with Crippen LogP contribution in [0, 0.1) is 5.92 Å².